The van der Waals surface area contributed by atoms with Crippen LogP contribution in [0.15, 0.2) is 23.1 Å². The third-order valence-electron chi connectivity index (χ3n) is 4.85. The Morgan fingerprint density at radius 3 is 2.55 bits per heavy atom. The molecule has 3 nitrogen and oxygen atoms in total. The number of aryl methyl sites for hydroxylation is 2. The fourth-order valence-electron chi connectivity index (χ4n) is 3.61. The molecule has 2 N–H and O–H groups in total. The summed E-state index contributed by atoms with van der Waals surface area (Å²) < 4.78 is 25.0. The van der Waals surface area contributed by atoms with Gasteiger partial charge in [-0.3, -0.25) is 0 Å². The second-order valence-electron chi connectivity index (χ2n) is 6.27. The topological polar surface area (TPSA) is 60.2 Å². The molecule has 0 amide bonds. The molecule has 2 aliphatic rings. The predicted octanol–water partition coefficient (Wildman–Crippen LogP) is 2.47. The second-order valence-corrected chi connectivity index (χ2v) is 8.31. The van der Waals surface area contributed by atoms with Gasteiger partial charge in [0.05, 0.1) is 10.6 Å². The Balaban J connectivity index is 1.77. The highest BCUT2D eigenvalue weighted by atomic mass is 32.2. The van der Waals surface area contributed by atoms with E-state index in [2.05, 4.69) is 0 Å². The molecule has 20 heavy (non-hydrogen) atoms. The lowest BCUT2D eigenvalue weighted by atomic mass is 10.0. The van der Waals surface area contributed by atoms with E-state index in [-0.39, 0.29) is 11.8 Å². The first-order chi connectivity index (χ1) is 9.56. The number of hydrogen-bond acceptors (Lipinski definition) is 3. The Morgan fingerprint density at radius 2 is 1.80 bits per heavy atom. The summed E-state index contributed by atoms with van der Waals surface area (Å²) in [5, 5.41) is 0. The number of hydrogen-bond donors (Lipinski definition) is 1. The third kappa shape index (κ3) is 2.77. The summed E-state index contributed by atoms with van der Waals surface area (Å²) in [4.78, 5) is 0.464. The van der Waals surface area contributed by atoms with Crippen LogP contribution >= 0.6 is 0 Å². The summed E-state index contributed by atoms with van der Waals surface area (Å²) >= 11 is 0. The van der Waals surface area contributed by atoms with Crippen molar-refractivity contribution in [1.82, 2.24) is 0 Å². The zero-order valence-corrected chi connectivity index (χ0v) is 12.7. The van der Waals surface area contributed by atoms with Crippen molar-refractivity contribution in [2.24, 2.45) is 11.7 Å². The van der Waals surface area contributed by atoms with Crippen molar-refractivity contribution in [3.05, 3.63) is 29.3 Å². The number of rotatable bonds is 4. The number of fused-ring (bicyclic) bond motifs is 1. The van der Waals surface area contributed by atoms with Gasteiger partial charge in [0.2, 0.25) is 0 Å². The minimum absolute atomic E-state index is 0.0937. The Hall–Kier alpha value is -0.870. The summed E-state index contributed by atoms with van der Waals surface area (Å²) in [7, 11) is -3.24. The molecule has 1 aromatic carbocycles. The molecule has 0 radical (unpaired) electrons. The lowest BCUT2D eigenvalue weighted by molar-refractivity contribution is 0.455. The van der Waals surface area contributed by atoms with Gasteiger partial charge in [0, 0.05) is 6.04 Å². The van der Waals surface area contributed by atoms with Crippen molar-refractivity contribution in [3.63, 3.8) is 0 Å². The van der Waals surface area contributed by atoms with Crippen LogP contribution in [0.4, 0.5) is 0 Å². The van der Waals surface area contributed by atoms with Crippen LogP contribution < -0.4 is 5.73 Å². The first kappa shape index (κ1) is 14.1. The Bertz CT molecular complexity index is 588. The van der Waals surface area contributed by atoms with Crippen molar-refractivity contribution < 1.29 is 8.42 Å². The van der Waals surface area contributed by atoms with Crippen molar-refractivity contribution in [3.8, 4) is 0 Å². The molecular weight excluding hydrogens is 270 g/mol. The normalized spacial score (nSPS) is 21.1. The van der Waals surface area contributed by atoms with Crippen molar-refractivity contribution >= 4 is 9.84 Å². The first-order valence-electron chi connectivity index (χ1n) is 7.66. The van der Waals surface area contributed by atoms with E-state index in [1.807, 2.05) is 12.1 Å². The average molecular weight is 293 g/mol. The largest absolute Gasteiger partial charge is 0.327 e. The van der Waals surface area contributed by atoms with Gasteiger partial charge in [0.25, 0.3) is 0 Å². The summed E-state index contributed by atoms with van der Waals surface area (Å²) in [6.07, 6.45) is 7.78. The maximum Gasteiger partial charge on any atom is 0.179 e. The van der Waals surface area contributed by atoms with Crippen LogP contribution in [0.2, 0.25) is 0 Å². The summed E-state index contributed by atoms with van der Waals surface area (Å²) in [5.74, 6) is 0.482. The predicted molar refractivity (Wildman–Crippen MR) is 80.5 cm³/mol. The van der Waals surface area contributed by atoms with Crippen molar-refractivity contribution in [2.45, 2.75) is 55.9 Å². The molecule has 1 atom stereocenters. The van der Waals surface area contributed by atoms with E-state index in [1.165, 1.54) is 24.0 Å². The Kier molecular flexibility index (Phi) is 3.87. The minimum atomic E-state index is -3.24. The summed E-state index contributed by atoms with van der Waals surface area (Å²) in [6, 6.07) is 5.41. The van der Waals surface area contributed by atoms with E-state index in [0.717, 1.165) is 32.1 Å². The molecule has 1 fully saturated rings. The molecule has 0 aromatic heterocycles. The van der Waals surface area contributed by atoms with E-state index in [9.17, 15) is 8.42 Å². The molecule has 0 spiro atoms. The summed E-state index contributed by atoms with van der Waals surface area (Å²) in [6.45, 7) is 0. The van der Waals surface area contributed by atoms with E-state index < -0.39 is 9.84 Å². The van der Waals surface area contributed by atoms with E-state index in [1.54, 1.807) is 6.07 Å². The van der Waals surface area contributed by atoms with Crippen molar-refractivity contribution in [2.75, 3.05) is 5.75 Å². The molecule has 0 bridgehead atoms. The van der Waals surface area contributed by atoms with Crippen LogP contribution in [0.3, 0.4) is 0 Å². The van der Waals surface area contributed by atoms with Crippen LogP contribution in [0.1, 0.15) is 43.2 Å². The lowest BCUT2D eigenvalue weighted by Gasteiger charge is -2.19. The zero-order chi connectivity index (χ0) is 14.2. The lowest BCUT2D eigenvalue weighted by Crippen LogP contribution is -2.35. The van der Waals surface area contributed by atoms with Gasteiger partial charge >= 0.3 is 0 Å². The molecule has 1 unspecified atom stereocenters. The highest BCUT2D eigenvalue weighted by Crippen LogP contribution is 2.29. The van der Waals surface area contributed by atoms with Crippen LogP contribution in [0, 0.1) is 5.92 Å². The molecule has 0 heterocycles. The third-order valence-corrected chi connectivity index (χ3v) is 6.64. The monoisotopic (exact) mass is 293 g/mol. The van der Waals surface area contributed by atoms with Gasteiger partial charge in [0.1, 0.15) is 0 Å². The van der Waals surface area contributed by atoms with Gasteiger partial charge in [0.15, 0.2) is 9.84 Å². The molecule has 4 heteroatoms. The van der Waals surface area contributed by atoms with Gasteiger partial charge in [-0.15, -0.1) is 0 Å². The van der Waals surface area contributed by atoms with Gasteiger partial charge in [-0.1, -0.05) is 18.9 Å². The molecule has 0 aliphatic heterocycles. The van der Waals surface area contributed by atoms with Gasteiger partial charge in [-0.05, 0) is 61.3 Å². The highest BCUT2D eigenvalue weighted by Gasteiger charge is 2.28. The molecule has 0 saturated heterocycles. The van der Waals surface area contributed by atoms with Crippen molar-refractivity contribution in [1.29, 1.82) is 0 Å². The standard InChI is InChI=1S/C16H23NO2S/c17-16(13-4-1-2-5-13)11-20(18,19)15-9-8-12-6-3-7-14(12)10-15/h8-10,13,16H,1-7,11,17H2. The first-order valence-corrected chi connectivity index (χ1v) is 9.31. The Morgan fingerprint density at radius 1 is 1.10 bits per heavy atom. The fourth-order valence-corrected chi connectivity index (χ4v) is 5.18. The van der Waals surface area contributed by atoms with Crippen LogP contribution in [-0.2, 0) is 22.7 Å². The number of sulfone groups is 1. The molecular formula is C16H23NO2S. The molecule has 1 aromatic rings. The quantitative estimate of drug-likeness (QED) is 0.927. The van der Waals surface area contributed by atoms with E-state index >= 15 is 0 Å². The van der Waals surface area contributed by atoms with E-state index in [4.69, 9.17) is 5.73 Å². The molecule has 110 valence electrons. The highest BCUT2D eigenvalue weighted by molar-refractivity contribution is 7.91. The number of benzene rings is 1. The molecule has 1 saturated carbocycles. The van der Waals surface area contributed by atoms with E-state index in [0.29, 0.717) is 10.8 Å². The average Bonchev–Trinajstić information content (AvgIpc) is 3.08. The van der Waals surface area contributed by atoms with Crippen LogP contribution in [0.25, 0.3) is 0 Å². The fraction of sp³-hybridized carbons (Fsp3) is 0.625. The van der Waals surface area contributed by atoms with Gasteiger partial charge in [-0.2, -0.15) is 0 Å². The van der Waals surface area contributed by atoms with Crippen LogP contribution in [-0.4, -0.2) is 20.2 Å². The maximum atomic E-state index is 12.5. The Labute approximate surface area is 121 Å². The maximum absolute atomic E-state index is 12.5. The number of nitrogens with two attached hydrogens (primary N) is 1. The smallest absolute Gasteiger partial charge is 0.179 e. The van der Waals surface area contributed by atoms with Gasteiger partial charge in [-0.25, -0.2) is 8.42 Å². The zero-order valence-electron chi connectivity index (χ0n) is 11.8. The SMILES string of the molecule is NC(CS(=O)(=O)c1ccc2c(c1)CCC2)C1CCCC1. The van der Waals surface area contributed by atoms with Gasteiger partial charge < -0.3 is 5.73 Å². The molecule has 3 rings (SSSR count). The summed E-state index contributed by atoms with van der Waals surface area (Å²) in [5.41, 5.74) is 8.65. The van der Waals surface area contributed by atoms with Crippen LogP contribution in [0.5, 0.6) is 0 Å². The molecule has 2 aliphatic carbocycles. The minimum Gasteiger partial charge on any atom is -0.327 e. The second kappa shape index (κ2) is 5.49.